The fraction of sp³-hybridized carbons (Fsp3) is 0.318. The van der Waals surface area contributed by atoms with Crippen molar-refractivity contribution in [1.82, 2.24) is 14.7 Å². The molecule has 6 nitrogen and oxygen atoms in total. The van der Waals surface area contributed by atoms with E-state index in [1.54, 1.807) is 17.1 Å². The maximum Gasteiger partial charge on any atom is 0.238 e. The molecule has 28 heavy (non-hydrogen) atoms. The number of nitrogens with zero attached hydrogens (tertiary/aromatic N) is 3. The molecule has 4 rings (SSSR count). The number of hydrogen-bond donors (Lipinski definition) is 1. The molecule has 2 heterocycles. The summed E-state index contributed by atoms with van der Waals surface area (Å²) in [7, 11) is 1.81. The zero-order valence-corrected chi connectivity index (χ0v) is 16.0. The van der Waals surface area contributed by atoms with Gasteiger partial charge >= 0.3 is 0 Å². The molecule has 1 saturated heterocycles. The van der Waals surface area contributed by atoms with E-state index in [0.717, 1.165) is 35.7 Å². The Morgan fingerprint density at radius 1 is 1.18 bits per heavy atom. The van der Waals surface area contributed by atoms with Gasteiger partial charge in [0.15, 0.2) is 5.78 Å². The maximum atomic E-state index is 13.0. The van der Waals surface area contributed by atoms with Crippen molar-refractivity contribution in [2.24, 2.45) is 13.0 Å². The minimum atomic E-state index is -0.0770. The van der Waals surface area contributed by atoms with Crippen LogP contribution in [-0.2, 0) is 11.8 Å². The highest BCUT2D eigenvalue weighted by Crippen LogP contribution is 2.23. The highest BCUT2D eigenvalue weighted by atomic mass is 16.2. The summed E-state index contributed by atoms with van der Waals surface area (Å²) in [5, 5.41) is 9.12. The molecule has 1 aromatic heterocycles. The first-order valence-electron chi connectivity index (χ1n) is 9.62. The van der Waals surface area contributed by atoms with Crippen molar-refractivity contribution in [1.29, 1.82) is 0 Å². The molecule has 1 amide bonds. The number of likely N-dealkylation sites (tertiary alicyclic amines) is 1. The first kappa shape index (κ1) is 18.4. The number of carbonyl (C=O) groups is 2. The molecule has 0 bridgehead atoms. The van der Waals surface area contributed by atoms with Gasteiger partial charge in [0.05, 0.1) is 18.4 Å². The third-order valence-electron chi connectivity index (χ3n) is 5.27. The van der Waals surface area contributed by atoms with Crippen molar-refractivity contribution >= 4 is 28.2 Å². The van der Waals surface area contributed by atoms with E-state index in [9.17, 15) is 9.59 Å². The van der Waals surface area contributed by atoms with E-state index in [1.807, 2.05) is 49.5 Å². The zero-order valence-electron chi connectivity index (χ0n) is 16.0. The second-order valence-electron chi connectivity index (χ2n) is 7.45. The Morgan fingerprint density at radius 2 is 2.00 bits per heavy atom. The number of piperidine rings is 1. The molecule has 1 aliphatic heterocycles. The Bertz CT molecular complexity index is 1010. The van der Waals surface area contributed by atoms with Crippen molar-refractivity contribution in [2.45, 2.75) is 12.8 Å². The Hall–Kier alpha value is -2.99. The number of aromatic nitrogens is 2. The van der Waals surface area contributed by atoms with E-state index >= 15 is 0 Å². The number of aryl methyl sites for hydroxylation is 1. The average Bonchev–Trinajstić information content (AvgIpc) is 3.11. The van der Waals surface area contributed by atoms with E-state index in [0.29, 0.717) is 12.2 Å². The van der Waals surface area contributed by atoms with Crippen LogP contribution in [0.25, 0.3) is 10.8 Å². The summed E-state index contributed by atoms with van der Waals surface area (Å²) >= 11 is 0. The molecule has 0 radical (unpaired) electrons. The SMILES string of the molecule is Cn1cc(NC(=O)CN2CCCC(C(=O)c3ccc4ccccc4c3)C2)cn1. The van der Waals surface area contributed by atoms with Gasteiger partial charge in [0.1, 0.15) is 0 Å². The van der Waals surface area contributed by atoms with Gasteiger partial charge in [-0.25, -0.2) is 0 Å². The zero-order chi connectivity index (χ0) is 19.5. The van der Waals surface area contributed by atoms with Gasteiger partial charge in [-0.05, 0) is 36.2 Å². The molecule has 6 heteroatoms. The second kappa shape index (κ2) is 7.94. The lowest BCUT2D eigenvalue weighted by Gasteiger charge is -2.31. The number of Topliss-reactive ketones (excluding diaryl/α,β-unsaturated/α-hetero) is 1. The number of ketones is 1. The van der Waals surface area contributed by atoms with Crippen molar-refractivity contribution in [2.75, 3.05) is 25.0 Å². The molecule has 0 aliphatic carbocycles. The summed E-state index contributed by atoms with van der Waals surface area (Å²) in [6, 6.07) is 14.0. The third kappa shape index (κ3) is 4.12. The molecule has 1 N–H and O–H groups in total. The molecule has 1 aliphatic rings. The number of hydrogen-bond acceptors (Lipinski definition) is 4. The number of carbonyl (C=O) groups excluding carboxylic acids is 2. The maximum absolute atomic E-state index is 13.0. The molecule has 1 unspecified atom stereocenters. The van der Waals surface area contributed by atoms with Gasteiger partial charge in [0.25, 0.3) is 0 Å². The summed E-state index contributed by atoms with van der Waals surface area (Å²) < 4.78 is 1.65. The first-order chi connectivity index (χ1) is 13.6. The lowest BCUT2D eigenvalue weighted by molar-refractivity contribution is -0.117. The van der Waals surface area contributed by atoms with Crippen LogP contribution < -0.4 is 5.32 Å². The van der Waals surface area contributed by atoms with Crippen molar-refractivity contribution in [3.8, 4) is 0 Å². The number of rotatable bonds is 5. The normalized spacial score (nSPS) is 17.5. The summed E-state index contributed by atoms with van der Waals surface area (Å²) in [5.74, 6) is 0.0241. The van der Waals surface area contributed by atoms with Crippen LogP contribution in [-0.4, -0.2) is 46.0 Å². The minimum Gasteiger partial charge on any atom is -0.322 e. The van der Waals surface area contributed by atoms with Crippen LogP contribution in [0.1, 0.15) is 23.2 Å². The van der Waals surface area contributed by atoms with E-state index in [2.05, 4.69) is 15.3 Å². The molecule has 1 atom stereocenters. The predicted octanol–water partition coefficient (Wildman–Crippen LogP) is 3.11. The van der Waals surface area contributed by atoms with Gasteiger partial charge in [0, 0.05) is 31.3 Å². The molecule has 2 aromatic carbocycles. The van der Waals surface area contributed by atoms with Crippen LogP contribution in [0.4, 0.5) is 5.69 Å². The van der Waals surface area contributed by atoms with Crippen molar-refractivity contribution < 1.29 is 9.59 Å². The third-order valence-corrected chi connectivity index (χ3v) is 5.27. The number of benzene rings is 2. The van der Waals surface area contributed by atoms with Crippen LogP contribution in [0.5, 0.6) is 0 Å². The monoisotopic (exact) mass is 376 g/mol. The van der Waals surface area contributed by atoms with Gasteiger partial charge in [-0.15, -0.1) is 0 Å². The lowest BCUT2D eigenvalue weighted by atomic mass is 9.89. The Labute approximate surface area is 164 Å². The van der Waals surface area contributed by atoms with Gasteiger partial charge in [-0.3, -0.25) is 19.2 Å². The van der Waals surface area contributed by atoms with E-state index in [4.69, 9.17) is 0 Å². The highest BCUT2D eigenvalue weighted by molar-refractivity contribution is 6.01. The topological polar surface area (TPSA) is 67.2 Å². The first-order valence-corrected chi connectivity index (χ1v) is 9.62. The summed E-state index contributed by atoms with van der Waals surface area (Å²) in [4.78, 5) is 27.4. The Balaban J connectivity index is 1.39. The predicted molar refractivity (Wildman–Crippen MR) is 109 cm³/mol. The minimum absolute atomic E-state index is 0.0684. The van der Waals surface area contributed by atoms with Gasteiger partial charge in [-0.1, -0.05) is 36.4 Å². The smallest absolute Gasteiger partial charge is 0.238 e. The summed E-state index contributed by atoms with van der Waals surface area (Å²) in [6.07, 6.45) is 5.18. The van der Waals surface area contributed by atoms with Crippen LogP contribution in [0.3, 0.4) is 0 Å². The molecule has 0 spiro atoms. The van der Waals surface area contributed by atoms with E-state index in [-0.39, 0.29) is 24.2 Å². The van der Waals surface area contributed by atoms with Crippen molar-refractivity contribution in [3.05, 3.63) is 60.4 Å². The van der Waals surface area contributed by atoms with Crippen LogP contribution >= 0.6 is 0 Å². The lowest BCUT2D eigenvalue weighted by Crippen LogP contribution is -2.42. The summed E-state index contributed by atoms with van der Waals surface area (Å²) in [6.45, 7) is 1.74. The van der Waals surface area contributed by atoms with Crippen LogP contribution in [0.2, 0.25) is 0 Å². The quantitative estimate of drug-likeness (QED) is 0.695. The molecule has 144 valence electrons. The number of anilines is 1. The van der Waals surface area contributed by atoms with Gasteiger partial charge in [0.2, 0.25) is 5.91 Å². The van der Waals surface area contributed by atoms with E-state index in [1.165, 1.54) is 0 Å². The fourth-order valence-corrected chi connectivity index (χ4v) is 3.88. The highest BCUT2D eigenvalue weighted by Gasteiger charge is 2.27. The van der Waals surface area contributed by atoms with E-state index < -0.39 is 0 Å². The number of nitrogens with one attached hydrogen (secondary N) is 1. The van der Waals surface area contributed by atoms with Gasteiger partial charge < -0.3 is 5.32 Å². The average molecular weight is 376 g/mol. The summed E-state index contributed by atoms with van der Waals surface area (Å²) in [5.41, 5.74) is 1.44. The molecule has 1 fully saturated rings. The molecular weight excluding hydrogens is 352 g/mol. The second-order valence-corrected chi connectivity index (χ2v) is 7.45. The van der Waals surface area contributed by atoms with Crippen molar-refractivity contribution in [3.63, 3.8) is 0 Å². The molecule has 0 saturated carbocycles. The van der Waals surface area contributed by atoms with Crippen LogP contribution in [0, 0.1) is 5.92 Å². The fourth-order valence-electron chi connectivity index (χ4n) is 3.88. The van der Waals surface area contributed by atoms with Crippen LogP contribution in [0.15, 0.2) is 54.9 Å². The largest absolute Gasteiger partial charge is 0.322 e. The Kier molecular flexibility index (Phi) is 5.21. The standard InChI is InChI=1S/C22H24N4O2/c1-25-14-20(12-23-25)24-21(27)15-26-10-4-7-19(13-26)22(28)18-9-8-16-5-2-3-6-17(16)11-18/h2-3,5-6,8-9,11-12,14,19H,4,7,10,13,15H2,1H3,(H,24,27). The number of fused-ring (bicyclic) bond motifs is 1. The Morgan fingerprint density at radius 3 is 2.79 bits per heavy atom. The molecular formula is C22H24N4O2. The molecule has 3 aromatic rings. The van der Waals surface area contributed by atoms with Gasteiger partial charge in [-0.2, -0.15) is 5.10 Å². The number of amides is 1.